The Morgan fingerprint density at radius 3 is 2.35 bits per heavy atom. The van der Waals surface area contributed by atoms with Crippen molar-refractivity contribution in [3.63, 3.8) is 0 Å². The van der Waals surface area contributed by atoms with Gasteiger partial charge < -0.3 is 29.9 Å². The van der Waals surface area contributed by atoms with E-state index in [9.17, 15) is 24.9 Å². The molecule has 0 amide bonds. The second kappa shape index (κ2) is 11.8. The van der Waals surface area contributed by atoms with Crippen molar-refractivity contribution < 1.29 is 39.5 Å². The monoisotopic (exact) mass is 476 g/mol. The zero-order valence-corrected chi connectivity index (χ0v) is 20.4. The van der Waals surface area contributed by atoms with Gasteiger partial charge in [-0.25, -0.2) is 9.59 Å². The maximum atomic E-state index is 12.2. The van der Waals surface area contributed by atoms with Gasteiger partial charge >= 0.3 is 11.9 Å². The lowest BCUT2D eigenvalue weighted by Gasteiger charge is -2.37. The first kappa shape index (κ1) is 27.7. The summed E-state index contributed by atoms with van der Waals surface area (Å²) in [6.45, 7) is 10.4. The number of allylic oxidation sites excluding steroid dienone is 9. The highest BCUT2D eigenvalue weighted by Gasteiger charge is 2.48. The molecule has 5 unspecified atom stereocenters. The third-order valence-electron chi connectivity index (χ3n) is 6.16. The fraction of sp³-hybridized carbons (Fsp3) is 0.538. The van der Waals surface area contributed by atoms with Crippen LogP contribution >= 0.6 is 0 Å². The van der Waals surface area contributed by atoms with Crippen LogP contribution in [0.4, 0.5) is 0 Å². The fourth-order valence-corrected chi connectivity index (χ4v) is 4.16. The van der Waals surface area contributed by atoms with E-state index in [0.29, 0.717) is 5.57 Å². The maximum Gasteiger partial charge on any atom is 0.335 e. The number of esters is 1. The van der Waals surface area contributed by atoms with Crippen molar-refractivity contribution in [1.82, 2.24) is 0 Å². The van der Waals surface area contributed by atoms with Crippen LogP contribution in [0, 0.1) is 5.41 Å². The minimum atomic E-state index is -1.85. The molecule has 5 atom stereocenters. The summed E-state index contributed by atoms with van der Waals surface area (Å²) in [5.41, 5.74) is 4.56. The summed E-state index contributed by atoms with van der Waals surface area (Å²) in [6, 6.07) is 0. The van der Waals surface area contributed by atoms with Crippen molar-refractivity contribution in [2.45, 2.75) is 84.6 Å². The molecule has 1 aliphatic heterocycles. The molecule has 2 aliphatic rings. The van der Waals surface area contributed by atoms with Gasteiger partial charge in [-0.15, -0.1) is 0 Å². The average Bonchev–Trinajstić information content (AvgIpc) is 2.73. The van der Waals surface area contributed by atoms with Gasteiger partial charge in [-0.2, -0.15) is 0 Å². The van der Waals surface area contributed by atoms with Gasteiger partial charge in [0.2, 0.25) is 6.29 Å². The summed E-state index contributed by atoms with van der Waals surface area (Å²) in [5.74, 6) is -2.44. The van der Waals surface area contributed by atoms with Crippen LogP contribution in [0.5, 0.6) is 0 Å². The van der Waals surface area contributed by atoms with Crippen molar-refractivity contribution in [2.75, 3.05) is 0 Å². The molecule has 0 radical (unpaired) electrons. The summed E-state index contributed by atoms with van der Waals surface area (Å²) < 4.78 is 9.88. The number of aliphatic carboxylic acids is 1. The lowest BCUT2D eigenvalue weighted by atomic mass is 9.72. The van der Waals surface area contributed by atoms with E-state index in [2.05, 4.69) is 32.9 Å². The first-order chi connectivity index (χ1) is 15.8. The zero-order valence-electron chi connectivity index (χ0n) is 20.4. The van der Waals surface area contributed by atoms with Crippen molar-refractivity contribution >= 4 is 11.9 Å². The zero-order chi connectivity index (χ0) is 25.6. The Morgan fingerprint density at radius 2 is 1.74 bits per heavy atom. The smallest absolute Gasteiger partial charge is 0.335 e. The van der Waals surface area contributed by atoms with Gasteiger partial charge in [-0.1, -0.05) is 55.4 Å². The predicted molar refractivity (Wildman–Crippen MR) is 127 cm³/mol. The van der Waals surface area contributed by atoms with Crippen molar-refractivity contribution in [1.29, 1.82) is 0 Å². The molecule has 0 aromatic heterocycles. The summed E-state index contributed by atoms with van der Waals surface area (Å²) >= 11 is 0. The quantitative estimate of drug-likeness (QED) is 0.250. The first-order valence-electron chi connectivity index (χ1n) is 11.4. The van der Waals surface area contributed by atoms with E-state index in [0.717, 1.165) is 18.1 Å². The topological polar surface area (TPSA) is 134 Å². The number of carboxylic acid groups (broad SMARTS) is 1. The Morgan fingerprint density at radius 1 is 1.06 bits per heavy atom. The molecule has 2 rings (SSSR count). The molecule has 1 saturated heterocycles. The fourth-order valence-electron chi connectivity index (χ4n) is 4.16. The molecule has 188 valence electrons. The van der Waals surface area contributed by atoms with Crippen LogP contribution in [-0.4, -0.2) is 63.1 Å². The van der Waals surface area contributed by atoms with E-state index in [1.54, 1.807) is 19.1 Å². The van der Waals surface area contributed by atoms with Gasteiger partial charge in [0.1, 0.15) is 18.3 Å². The molecular weight excluding hydrogens is 440 g/mol. The normalized spacial score (nSPS) is 30.8. The Labute approximate surface area is 200 Å². The average molecular weight is 477 g/mol. The number of aliphatic hydroxyl groups is 3. The highest BCUT2D eigenvalue weighted by Crippen LogP contribution is 2.40. The maximum absolute atomic E-state index is 12.2. The Kier molecular flexibility index (Phi) is 9.58. The molecule has 0 bridgehead atoms. The number of carboxylic acids is 1. The van der Waals surface area contributed by atoms with Gasteiger partial charge in [-0.05, 0) is 56.6 Å². The predicted octanol–water partition coefficient (Wildman–Crippen LogP) is 2.95. The number of ether oxygens (including phenoxy) is 2. The first-order valence-corrected chi connectivity index (χ1v) is 11.4. The second-order valence-corrected chi connectivity index (χ2v) is 9.59. The van der Waals surface area contributed by atoms with Gasteiger partial charge in [-0.3, -0.25) is 0 Å². The molecule has 4 N–H and O–H groups in total. The highest BCUT2D eigenvalue weighted by atomic mass is 16.7. The van der Waals surface area contributed by atoms with E-state index in [4.69, 9.17) is 14.6 Å². The van der Waals surface area contributed by atoms with Crippen molar-refractivity contribution in [3.05, 3.63) is 58.7 Å². The van der Waals surface area contributed by atoms with Gasteiger partial charge in [0.15, 0.2) is 6.10 Å². The molecule has 0 spiro atoms. The third kappa shape index (κ3) is 7.24. The van der Waals surface area contributed by atoms with E-state index in [-0.39, 0.29) is 5.41 Å². The number of carbonyl (C=O) groups is 2. The molecular formula is C26H36O8. The highest BCUT2D eigenvalue weighted by molar-refractivity contribution is 5.83. The molecule has 8 heteroatoms. The van der Waals surface area contributed by atoms with E-state index < -0.39 is 42.6 Å². The number of aliphatic hydroxyl groups excluding tert-OH is 3. The largest absolute Gasteiger partial charge is 0.479 e. The van der Waals surface area contributed by atoms with Crippen LogP contribution in [0.3, 0.4) is 0 Å². The summed E-state index contributed by atoms with van der Waals surface area (Å²) in [6.07, 6.45) is 5.29. The molecule has 34 heavy (non-hydrogen) atoms. The van der Waals surface area contributed by atoms with Gasteiger partial charge in [0, 0.05) is 6.08 Å². The van der Waals surface area contributed by atoms with Crippen molar-refractivity contribution in [2.24, 2.45) is 5.41 Å². The lowest BCUT2D eigenvalue weighted by Crippen LogP contribution is -2.60. The molecule has 1 fully saturated rings. The SMILES string of the molecule is CC1=C(/C=C/C(C)=C\C=C\C(C)=C\C(=O)OC2OC(C(=O)O)C(O)C(O)C2O)C(C)(C)CCC1. The van der Waals surface area contributed by atoms with Crippen LogP contribution in [-0.2, 0) is 19.1 Å². The van der Waals surface area contributed by atoms with Crippen LogP contribution < -0.4 is 0 Å². The van der Waals surface area contributed by atoms with E-state index >= 15 is 0 Å². The molecule has 0 aromatic carbocycles. The van der Waals surface area contributed by atoms with Gasteiger partial charge in [0.05, 0.1) is 0 Å². The molecule has 1 heterocycles. The third-order valence-corrected chi connectivity index (χ3v) is 6.16. The van der Waals surface area contributed by atoms with Crippen LogP contribution in [0.15, 0.2) is 58.7 Å². The minimum Gasteiger partial charge on any atom is -0.479 e. The number of rotatable bonds is 7. The number of hydrogen-bond acceptors (Lipinski definition) is 7. The number of carbonyl (C=O) groups excluding carboxylic acids is 1. The molecule has 1 aliphatic carbocycles. The second-order valence-electron chi connectivity index (χ2n) is 9.59. The molecule has 0 saturated carbocycles. The molecule has 8 nitrogen and oxygen atoms in total. The number of hydrogen-bond donors (Lipinski definition) is 4. The summed E-state index contributed by atoms with van der Waals surface area (Å²) in [5, 5.41) is 38.5. The molecule has 0 aromatic rings. The van der Waals surface area contributed by atoms with E-state index in [1.807, 2.05) is 13.0 Å². The summed E-state index contributed by atoms with van der Waals surface area (Å²) in [7, 11) is 0. The minimum absolute atomic E-state index is 0.170. The Bertz CT molecular complexity index is 921. The van der Waals surface area contributed by atoms with Crippen LogP contribution in [0.1, 0.15) is 53.9 Å². The standard InChI is InChI=1S/C26H36O8/c1-15(11-12-18-17(3)10-7-13-26(18,4)5)8-6-9-16(2)14-19(27)33-25-22(30)20(28)21(29)23(34-25)24(31)32/h6,8-9,11-12,14,20-23,25,28-30H,7,10,13H2,1-5H3,(H,31,32)/b9-6+,12-11+,15-8-,16-14+. The van der Waals surface area contributed by atoms with Crippen LogP contribution in [0.25, 0.3) is 0 Å². The lowest BCUT2D eigenvalue weighted by molar-refractivity contribution is -0.284. The van der Waals surface area contributed by atoms with E-state index in [1.165, 1.54) is 24.0 Å². The Hall–Kier alpha value is -2.52. The van der Waals surface area contributed by atoms with Gasteiger partial charge in [0.25, 0.3) is 0 Å². The Balaban J connectivity index is 1.98. The summed E-state index contributed by atoms with van der Waals surface area (Å²) in [4.78, 5) is 23.3. The van der Waals surface area contributed by atoms with Crippen molar-refractivity contribution in [3.8, 4) is 0 Å². The van der Waals surface area contributed by atoms with Crippen LogP contribution in [0.2, 0.25) is 0 Å².